The first-order chi connectivity index (χ1) is 7.41. The number of aliphatic hydroxyl groups excluding tert-OH is 1. The van der Waals surface area contributed by atoms with Crippen LogP contribution in [0.4, 0.5) is 0 Å². The van der Waals surface area contributed by atoms with E-state index in [1.165, 1.54) is 8.61 Å². The van der Waals surface area contributed by atoms with Crippen LogP contribution in [0.25, 0.3) is 0 Å². The lowest BCUT2D eigenvalue weighted by atomic mass is 9.82. The first kappa shape index (κ1) is 13.9. The average Bonchev–Trinajstić information content (AvgIpc) is 2.16. The van der Waals surface area contributed by atoms with E-state index in [9.17, 15) is 8.42 Å². The number of hydrogen-bond acceptors (Lipinski definition) is 3. The van der Waals surface area contributed by atoms with Gasteiger partial charge in [0, 0.05) is 26.7 Å². The number of aliphatic hydroxyl groups is 1. The van der Waals surface area contributed by atoms with Crippen molar-refractivity contribution in [2.45, 2.75) is 32.8 Å². The quantitative estimate of drug-likeness (QED) is 0.736. The third-order valence-electron chi connectivity index (χ3n) is 3.15. The predicted octanol–water partition coefficient (Wildman–Crippen LogP) is 0.276. The molecular weight excluding hydrogens is 228 g/mol. The standard InChI is InChI=1S/C10H22N2O3S/c1-4-12(5-2)16(14,15)11(3)8-9-6-10(13)7-9/h9-10,13H,4-8H2,1-3H3. The van der Waals surface area contributed by atoms with Crippen LogP contribution in [-0.4, -0.2) is 54.9 Å². The smallest absolute Gasteiger partial charge is 0.281 e. The van der Waals surface area contributed by atoms with Crippen LogP contribution >= 0.6 is 0 Å². The molecule has 1 aliphatic carbocycles. The highest BCUT2D eigenvalue weighted by molar-refractivity contribution is 7.86. The monoisotopic (exact) mass is 250 g/mol. The van der Waals surface area contributed by atoms with Crippen molar-refractivity contribution in [3.05, 3.63) is 0 Å². The highest BCUT2D eigenvalue weighted by Gasteiger charge is 2.32. The molecule has 96 valence electrons. The molecule has 0 aliphatic heterocycles. The summed E-state index contributed by atoms with van der Waals surface area (Å²) in [4.78, 5) is 0. The SMILES string of the molecule is CCN(CC)S(=O)(=O)N(C)CC1CC(O)C1. The van der Waals surface area contributed by atoms with Gasteiger partial charge in [0.25, 0.3) is 10.2 Å². The Morgan fingerprint density at radius 3 is 2.12 bits per heavy atom. The van der Waals surface area contributed by atoms with E-state index in [1.54, 1.807) is 7.05 Å². The van der Waals surface area contributed by atoms with Gasteiger partial charge in [0.05, 0.1) is 6.10 Å². The lowest BCUT2D eigenvalue weighted by Crippen LogP contribution is -2.46. The summed E-state index contributed by atoms with van der Waals surface area (Å²) in [6.45, 7) is 5.17. The average molecular weight is 250 g/mol. The number of nitrogens with zero attached hydrogens (tertiary/aromatic N) is 2. The fourth-order valence-corrected chi connectivity index (χ4v) is 3.50. The molecule has 0 heterocycles. The zero-order chi connectivity index (χ0) is 12.3. The van der Waals surface area contributed by atoms with Crippen molar-refractivity contribution in [2.75, 3.05) is 26.7 Å². The molecule has 1 N–H and O–H groups in total. The predicted molar refractivity (Wildman–Crippen MR) is 63.2 cm³/mol. The molecule has 0 radical (unpaired) electrons. The summed E-state index contributed by atoms with van der Waals surface area (Å²) in [6, 6.07) is 0. The van der Waals surface area contributed by atoms with Gasteiger partial charge in [-0.05, 0) is 18.8 Å². The molecule has 0 spiro atoms. The summed E-state index contributed by atoms with van der Waals surface area (Å²) in [5.74, 6) is 0.310. The van der Waals surface area contributed by atoms with Crippen molar-refractivity contribution in [3.63, 3.8) is 0 Å². The molecule has 1 rings (SSSR count). The van der Waals surface area contributed by atoms with Crippen LogP contribution in [0.1, 0.15) is 26.7 Å². The fraction of sp³-hybridized carbons (Fsp3) is 1.00. The van der Waals surface area contributed by atoms with E-state index in [0.717, 1.165) is 12.8 Å². The van der Waals surface area contributed by atoms with E-state index in [1.807, 2.05) is 13.8 Å². The number of rotatable bonds is 6. The molecule has 1 fully saturated rings. The first-order valence-corrected chi connectivity index (χ1v) is 7.20. The molecule has 0 aromatic heterocycles. The van der Waals surface area contributed by atoms with Crippen molar-refractivity contribution >= 4 is 10.2 Å². The molecule has 6 heteroatoms. The van der Waals surface area contributed by atoms with Gasteiger partial charge in [-0.1, -0.05) is 13.8 Å². The number of hydrogen-bond donors (Lipinski definition) is 1. The van der Waals surface area contributed by atoms with Crippen molar-refractivity contribution < 1.29 is 13.5 Å². The summed E-state index contributed by atoms with van der Waals surface area (Å²) in [5.41, 5.74) is 0. The maximum atomic E-state index is 12.0. The summed E-state index contributed by atoms with van der Waals surface area (Å²) in [5, 5.41) is 9.16. The molecule has 1 aliphatic rings. The van der Waals surface area contributed by atoms with E-state index in [2.05, 4.69) is 0 Å². The van der Waals surface area contributed by atoms with Gasteiger partial charge >= 0.3 is 0 Å². The topological polar surface area (TPSA) is 60.9 Å². The minimum absolute atomic E-state index is 0.227. The Balaban J connectivity index is 2.54. The van der Waals surface area contributed by atoms with Crippen molar-refractivity contribution in [1.29, 1.82) is 0 Å². The summed E-state index contributed by atoms with van der Waals surface area (Å²) < 4.78 is 26.9. The van der Waals surface area contributed by atoms with Gasteiger partial charge in [0.2, 0.25) is 0 Å². The molecule has 16 heavy (non-hydrogen) atoms. The molecule has 0 atom stereocenters. The Kier molecular flexibility index (Phi) is 4.73. The van der Waals surface area contributed by atoms with E-state index in [4.69, 9.17) is 5.11 Å². The second-order valence-corrected chi connectivity index (χ2v) is 6.40. The van der Waals surface area contributed by atoms with Crippen LogP contribution in [0.2, 0.25) is 0 Å². The third-order valence-corrected chi connectivity index (χ3v) is 5.26. The molecule has 0 bridgehead atoms. The molecule has 0 aromatic rings. The zero-order valence-corrected chi connectivity index (χ0v) is 11.1. The van der Waals surface area contributed by atoms with Gasteiger partial charge in [-0.3, -0.25) is 0 Å². The zero-order valence-electron chi connectivity index (χ0n) is 10.3. The van der Waals surface area contributed by atoms with E-state index >= 15 is 0 Å². The van der Waals surface area contributed by atoms with Crippen LogP contribution in [0, 0.1) is 5.92 Å². The maximum absolute atomic E-state index is 12.0. The molecular formula is C10H22N2O3S. The Bertz CT molecular complexity index is 308. The third kappa shape index (κ3) is 2.94. The van der Waals surface area contributed by atoms with Crippen LogP contribution in [0.15, 0.2) is 0 Å². The largest absolute Gasteiger partial charge is 0.393 e. The normalized spacial score (nSPS) is 26.1. The molecule has 5 nitrogen and oxygen atoms in total. The highest BCUT2D eigenvalue weighted by atomic mass is 32.2. The van der Waals surface area contributed by atoms with Crippen LogP contribution < -0.4 is 0 Å². The van der Waals surface area contributed by atoms with Crippen LogP contribution in [0.3, 0.4) is 0 Å². The van der Waals surface area contributed by atoms with E-state index in [0.29, 0.717) is 25.6 Å². The minimum atomic E-state index is -3.30. The maximum Gasteiger partial charge on any atom is 0.281 e. The van der Waals surface area contributed by atoms with Gasteiger partial charge in [0.1, 0.15) is 0 Å². The van der Waals surface area contributed by atoms with Crippen molar-refractivity contribution in [3.8, 4) is 0 Å². The summed E-state index contributed by atoms with van der Waals surface area (Å²) >= 11 is 0. The Hall–Kier alpha value is -0.170. The second kappa shape index (κ2) is 5.44. The van der Waals surface area contributed by atoms with Crippen molar-refractivity contribution in [2.24, 2.45) is 5.92 Å². The minimum Gasteiger partial charge on any atom is -0.393 e. The van der Waals surface area contributed by atoms with E-state index < -0.39 is 10.2 Å². The lowest BCUT2D eigenvalue weighted by molar-refractivity contribution is 0.0362. The molecule has 0 aromatic carbocycles. The molecule has 0 amide bonds. The Morgan fingerprint density at radius 1 is 1.25 bits per heavy atom. The second-order valence-electron chi connectivity index (χ2n) is 4.36. The van der Waals surface area contributed by atoms with Gasteiger partial charge < -0.3 is 5.11 Å². The van der Waals surface area contributed by atoms with Crippen LogP contribution in [0.5, 0.6) is 0 Å². The molecule has 0 unspecified atom stereocenters. The fourth-order valence-electron chi connectivity index (χ4n) is 2.05. The van der Waals surface area contributed by atoms with Gasteiger partial charge in [-0.2, -0.15) is 17.0 Å². The first-order valence-electron chi connectivity index (χ1n) is 5.81. The molecule has 1 saturated carbocycles. The highest BCUT2D eigenvalue weighted by Crippen LogP contribution is 2.28. The Morgan fingerprint density at radius 2 is 1.75 bits per heavy atom. The van der Waals surface area contributed by atoms with Gasteiger partial charge in [0.15, 0.2) is 0 Å². The van der Waals surface area contributed by atoms with Gasteiger partial charge in [-0.15, -0.1) is 0 Å². The Labute approximate surface area is 98.2 Å². The summed E-state index contributed by atoms with van der Waals surface area (Å²) in [6.07, 6.45) is 1.21. The van der Waals surface area contributed by atoms with Crippen LogP contribution in [-0.2, 0) is 10.2 Å². The van der Waals surface area contributed by atoms with E-state index in [-0.39, 0.29) is 6.10 Å². The van der Waals surface area contributed by atoms with Crippen molar-refractivity contribution in [1.82, 2.24) is 8.61 Å². The summed E-state index contributed by atoms with van der Waals surface area (Å²) in [7, 11) is -1.70. The van der Waals surface area contributed by atoms with Gasteiger partial charge in [-0.25, -0.2) is 0 Å². The lowest BCUT2D eigenvalue weighted by Gasteiger charge is -2.35. The molecule has 0 saturated heterocycles.